The van der Waals surface area contributed by atoms with Crippen LogP contribution >= 0.6 is 0 Å². The molecule has 2 rings (SSSR count). The zero-order valence-corrected chi connectivity index (χ0v) is 12.7. The Morgan fingerprint density at radius 1 is 0.789 bits per heavy atom. The molecule has 2 saturated heterocycles. The van der Waals surface area contributed by atoms with Gasteiger partial charge in [0, 0.05) is 18.4 Å². The van der Waals surface area contributed by atoms with Gasteiger partial charge in [0.05, 0.1) is 32.0 Å². The van der Waals surface area contributed by atoms with Gasteiger partial charge < -0.3 is 19.7 Å². The van der Waals surface area contributed by atoms with E-state index in [1.54, 1.807) is 0 Å². The third-order valence-electron chi connectivity index (χ3n) is 4.17. The van der Waals surface area contributed by atoms with Crippen molar-refractivity contribution in [1.82, 2.24) is 0 Å². The second-order valence-electron chi connectivity index (χ2n) is 6.35. The van der Waals surface area contributed by atoms with E-state index in [9.17, 15) is 10.2 Å². The SMILES string of the molecule is CC(C)C1COCC1O.CC(C)C1COCCC1O. The summed E-state index contributed by atoms with van der Waals surface area (Å²) in [4.78, 5) is 0. The highest BCUT2D eigenvalue weighted by Crippen LogP contribution is 2.22. The Morgan fingerprint density at radius 2 is 1.32 bits per heavy atom. The highest BCUT2D eigenvalue weighted by molar-refractivity contribution is 4.76. The van der Waals surface area contributed by atoms with Crippen molar-refractivity contribution < 1.29 is 19.7 Å². The lowest BCUT2D eigenvalue weighted by Gasteiger charge is -2.30. The molecule has 0 aliphatic carbocycles. The highest BCUT2D eigenvalue weighted by atomic mass is 16.5. The molecular formula is C15H30O4. The molecule has 0 amide bonds. The minimum absolute atomic E-state index is 0.131. The van der Waals surface area contributed by atoms with Crippen LogP contribution in [0.25, 0.3) is 0 Å². The van der Waals surface area contributed by atoms with E-state index < -0.39 is 0 Å². The van der Waals surface area contributed by atoms with Crippen molar-refractivity contribution in [2.75, 3.05) is 26.4 Å². The third-order valence-corrected chi connectivity index (χ3v) is 4.17. The maximum Gasteiger partial charge on any atom is 0.0826 e. The summed E-state index contributed by atoms with van der Waals surface area (Å²) >= 11 is 0. The van der Waals surface area contributed by atoms with Crippen molar-refractivity contribution >= 4 is 0 Å². The van der Waals surface area contributed by atoms with Gasteiger partial charge in [-0.1, -0.05) is 27.7 Å². The predicted octanol–water partition coefficient (Wildman–Crippen LogP) is 1.69. The summed E-state index contributed by atoms with van der Waals surface area (Å²) in [5.74, 6) is 1.80. The molecule has 0 aromatic rings. The first-order chi connectivity index (χ1) is 8.93. The zero-order valence-electron chi connectivity index (χ0n) is 12.7. The molecule has 2 fully saturated rings. The Balaban J connectivity index is 0.000000191. The molecule has 4 unspecified atom stereocenters. The van der Waals surface area contributed by atoms with Crippen molar-refractivity contribution in [3.63, 3.8) is 0 Å². The molecule has 4 heteroatoms. The molecule has 2 aliphatic heterocycles. The van der Waals surface area contributed by atoms with Gasteiger partial charge in [0.15, 0.2) is 0 Å². The topological polar surface area (TPSA) is 58.9 Å². The molecule has 2 N–H and O–H groups in total. The fourth-order valence-corrected chi connectivity index (χ4v) is 2.58. The standard InChI is InChI=1S/C8H16O2.C7H14O2/c1-6(2)7-5-10-4-3-8(7)9;1-5(2)6-3-9-4-7(6)8/h6-9H,3-5H2,1-2H3;5-8H,3-4H2,1-2H3. The van der Waals surface area contributed by atoms with E-state index in [0.717, 1.165) is 26.2 Å². The molecule has 0 aromatic carbocycles. The minimum atomic E-state index is -0.218. The van der Waals surface area contributed by atoms with Gasteiger partial charge in [-0.2, -0.15) is 0 Å². The van der Waals surface area contributed by atoms with Crippen molar-refractivity contribution in [3.8, 4) is 0 Å². The van der Waals surface area contributed by atoms with Crippen LogP contribution in [0.5, 0.6) is 0 Å². The lowest BCUT2D eigenvalue weighted by atomic mass is 9.88. The van der Waals surface area contributed by atoms with Crippen LogP contribution in [0, 0.1) is 23.7 Å². The quantitative estimate of drug-likeness (QED) is 0.804. The van der Waals surface area contributed by atoms with Gasteiger partial charge in [-0.3, -0.25) is 0 Å². The van der Waals surface area contributed by atoms with Gasteiger partial charge in [0.1, 0.15) is 0 Å². The fourth-order valence-electron chi connectivity index (χ4n) is 2.58. The molecule has 114 valence electrons. The molecule has 0 saturated carbocycles. The van der Waals surface area contributed by atoms with E-state index in [0.29, 0.717) is 30.3 Å². The predicted molar refractivity (Wildman–Crippen MR) is 74.9 cm³/mol. The molecule has 4 atom stereocenters. The lowest BCUT2D eigenvalue weighted by molar-refractivity contribution is -0.0519. The summed E-state index contributed by atoms with van der Waals surface area (Å²) in [6.07, 6.45) is 0.460. The van der Waals surface area contributed by atoms with E-state index in [-0.39, 0.29) is 12.2 Å². The summed E-state index contributed by atoms with van der Waals surface area (Å²) in [5, 5.41) is 18.7. The average Bonchev–Trinajstić information content (AvgIpc) is 2.76. The molecule has 0 bridgehead atoms. The van der Waals surface area contributed by atoms with Crippen LogP contribution in [0.1, 0.15) is 34.1 Å². The second kappa shape index (κ2) is 8.20. The van der Waals surface area contributed by atoms with E-state index in [2.05, 4.69) is 27.7 Å². The van der Waals surface area contributed by atoms with Gasteiger partial charge >= 0.3 is 0 Å². The summed E-state index contributed by atoms with van der Waals surface area (Å²) in [7, 11) is 0. The van der Waals surface area contributed by atoms with E-state index in [1.807, 2.05) is 0 Å². The number of hydrogen-bond donors (Lipinski definition) is 2. The highest BCUT2D eigenvalue weighted by Gasteiger charge is 2.28. The van der Waals surface area contributed by atoms with Crippen LogP contribution in [0.4, 0.5) is 0 Å². The maximum absolute atomic E-state index is 9.46. The third kappa shape index (κ3) is 5.38. The first-order valence-electron chi connectivity index (χ1n) is 7.45. The monoisotopic (exact) mass is 274 g/mol. The van der Waals surface area contributed by atoms with Crippen LogP contribution < -0.4 is 0 Å². The zero-order chi connectivity index (χ0) is 14.4. The molecule has 2 heterocycles. The smallest absolute Gasteiger partial charge is 0.0826 e. The molecule has 0 aromatic heterocycles. The van der Waals surface area contributed by atoms with Crippen molar-refractivity contribution in [1.29, 1.82) is 0 Å². The van der Waals surface area contributed by atoms with Gasteiger partial charge in [-0.25, -0.2) is 0 Å². The van der Waals surface area contributed by atoms with E-state index in [4.69, 9.17) is 9.47 Å². The van der Waals surface area contributed by atoms with Crippen molar-refractivity contribution in [2.45, 2.75) is 46.3 Å². The summed E-state index contributed by atoms with van der Waals surface area (Å²) in [6.45, 7) is 11.2. The summed E-state index contributed by atoms with van der Waals surface area (Å²) in [6, 6.07) is 0. The van der Waals surface area contributed by atoms with Gasteiger partial charge in [-0.05, 0) is 18.3 Å². The van der Waals surface area contributed by atoms with Gasteiger partial charge in [0.2, 0.25) is 0 Å². The first-order valence-corrected chi connectivity index (χ1v) is 7.45. The van der Waals surface area contributed by atoms with Crippen LogP contribution in [-0.4, -0.2) is 48.8 Å². The van der Waals surface area contributed by atoms with E-state index in [1.165, 1.54) is 0 Å². The number of aliphatic hydroxyl groups is 2. The van der Waals surface area contributed by atoms with Crippen molar-refractivity contribution in [3.05, 3.63) is 0 Å². The molecule has 0 radical (unpaired) electrons. The Bertz CT molecular complexity index is 242. The Kier molecular flexibility index (Phi) is 7.29. The maximum atomic E-state index is 9.46. The summed E-state index contributed by atoms with van der Waals surface area (Å²) < 4.78 is 10.3. The van der Waals surface area contributed by atoms with Crippen LogP contribution in [0.2, 0.25) is 0 Å². The normalized spacial score (nSPS) is 35.4. The van der Waals surface area contributed by atoms with E-state index >= 15 is 0 Å². The number of aliphatic hydroxyl groups excluding tert-OH is 2. The Morgan fingerprint density at radius 3 is 1.63 bits per heavy atom. The van der Waals surface area contributed by atoms with Crippen molar-refractivity contribution in [2.24, 2.45) is 23.7 Å². The molecule has 2 aliphatic rings. The molecule has 0 spiro atoms. The lowest BCUT2D eigenvalue weighted by Crippen LogP contribution is -2.35. The number of ether oxygens (including phenoxy) is 2. The molecule has 4 nitrogen and oxygen atoms in total. The molecular weight excluding hydrogens is 244 g/mol. The van der Waals surface area contributed by atoms with Crippen LogP contribution in [0.15, 0.2) is 0 Å². The second-order valence-corrected chi connectivity index (χ2v) is 6.35. The van der Waals surface area contributed by atoms with Crippen LogP contribution in [0.3, 0.4) is 0 Å². The average molecular weight is 274 g/mol. The Hall–Kier alpha value is -0.160. The minimum Gasteiger partial charge on any atom is -0.393 e. The summed E-state index contributed by atoms with van der Waals surface area (Å²) in [5.41, 5.74) is 0. The largest absolute Gasteiger partial charge is 0.393 e. The number of rotatable bonds is 2. The first kappa shape index (κ1) is 16.9. The van der Waals surface area contributed by atoms with Gasteiger partial charge in [-0.15, -0.1) is 0 Å². The van der Waals surface area contributed by atoms with Gasteiger partial charge in [0.25, 0.3) is 0 Å². The van der Waals surface area contributed by atoms with Crippen LogP contribution in [-0.2, 0) is 9.47 Å². The Labute approximate surface area is 117 Å². The number of hydrogen-bond acceptors (Lipinski definition) is 4. The fraction of sp³-hybridized carbons (Fsp3) is 1.00. The molecule has 19 heavy (non-hydrogen) atoms.